The van der Waals surface area contributed by atoms with Gasteiger partial charge in [-0.25, -0.2) is 0 Å². The summed E-state index contributed by atoms with van der Waals surface area (Å²) in [6, 6.07) is 0.0660. The Labute approximate surface area is 35.3 Å². The first kappa shape index (κ1) is 8.96. The molecule has 0 spiro atoms. The molecular weight excluding hydrogens is 358 g/mol. The van der Waals surface area contributed by atoms with Crippen molar-refractivity contribution in [3.63, 3.8) is 0 Å². The van der Waals surface area contributed by atoms with E-state index in [2.05, 4.69) is 4.74 Å². The Balaban J connectivity index is 0. The molecule has 0 aromatic heterocycles. The van der Waals surface area contributed by atoms with Crippen LogP contribution in [0.5, 0.6) is 0 Å². The Hall–Kier alpha value is -0.790. The van der Waals surface area contributed by atoms with E-state index in [1.807, 2.05) is 0 Å². The van der Waals surface area contributed by atoms with Gasteiger partial charge in [-0.2, -0.15) is 0 Å². The Bertz CT molecular complexity index is 19.0. The molecule has 0 aliphatic heterocycles. The van der Waals surface area contributed by atoms with E-state index in [9.17, 15) is 0 Å². The fourth-order valence-corrected chi connectivity index (χ4v) is 0.104. The van der Waals surface area contributed by atoms with Gasteiger partial charge >= 0.3 is 0 Å². The summed E-state index contributed by atoms with van der Waals surface area (Å²) in [4.78, 5) is 0. The fourth-order valence-electron chi connectivity index (χ4n) is 0.0345. The van der Waals surface area contributed by atoms with E-state index < -0.39 is 0 Å². The van der Waals surface area contributed by atoms with Crippen molar-refractivity contribution < 1.29 is 9.84 Å². The maximum absolute atomic E-state index is 7.76. The number of hydrogen-bond acceptors (Lipinski definition) is 2. The molecule has 0 saturated carbocycles. The van der Waals surface area contributed by atoms with Gasteiger partial charge in [0, 0.05) is 0 Å². The predicted octanol–water partition coefficient (Wildman–Crippen LogP) is 0.149. The molecule has 0 fully saturated rings. The van der Waals surface area contributed by atoms with Crippen molar-refractivity contribution >= 4 is 11.6 Å². The molecule has 4 heteroatoms. The molecule has 0 aromatic rings. The third-order valence-electron chi connectivity index (χ3n) is 0.168. The van der Waals surface area contributed by atoms with Crippen LogP contribution in [0.2, 0.25) is 0 Å². The van der Waals surface area contributed by atoms with Crippen LogP contribution in [-0.2, 0) is 4.74 Å². The molecule has 0 rings (SSSR count). The Morgan fingerprint density at radius 1 is 1.67 bits per heavy atom. The van der Waals surface area contributed by atoms with Gasteiger partial charge in [-0.15, -0.1) is 0 Å². The van der Waals surface area contributed by atoms with Gasteiger partial charge in [-0.05, 0) is 0 Å². The van der Waals surface area contributed by atoms with E-state index in [-0.39, 0.29) is 12.9 Å². The number of aliphatic hydroxyl groups excluding tert-OH is 1. The van der Waals surface area contributed by atoms with Crippen molar-refractivity contribution in [3.05, 3.63) is 0 Å². The molecule has 0 unspecified atom stereocenters. The number of aliphatic hydroxyl groups is 1. The number of hydrogen-bond donors (Lipinski definition) is 1. The van der Waals surface area contributed by atoms with Gasteiger partial charge in [0.05, 0.1) is 0 Å². The van der Waals surface area contributed by atoms with E-state index in [1.54, 1.807) is 0 Å². The second kappa shape index (κ2) is 8.88. The monoisotopic (exact) mass is 363 g/mol. The summed E-state index contributed by atoms with van der Waals surface area (Å²) in [5.41, 5.74) is 0. The van der Waals surface area contributed by atoms with Gasteiger partial charge < -0.3 is 9.84 Å². The summed E-state index contributed by atoms with van der Waals surface area (Å²) in [7, 11) is 0. The van der Waals surface area contributed by atoms with E-state index in [0.717, 1.165) is 0 Å². The predicted molar refractivity (Wildman–Crippen MR) is 18.9 cm³/mol. The molecule has 0 radical (unpaired) electrons. The van der Waals surface area contributed by atoms with Gasteiger partial charge in [0.2, 0.25) is 0 Å². The summed E-state index contributed by atoms with van der Waals surface area (Å²) < 4.78 is 4.15. The van der Waals surface area contributed by atoms with Crippen LogP contribution in [0, 0.1) is 0 Å². The molecular formula is C2H5ClO2Rf. The summed E-state index contributed by atoms with van der Waals surface area (Å²) >= 11 is 4.92. The maximum atomic E-state index is 7.76. The molecule has 0 aliphatic carbocycles. The topological polar surface area (TPSA) is 29.5 Å². The second-order valence-electron chi connectivity index (χ2n) is 0.442. The molecule has 0 saturated heterocycles. The van der Waals surface area contributed by atoms with Crippen molar-refractivity contribution in [3.8, 4) is 0 Å². The summed E-state index contributed by atoms with van der Waals surface area (Å²) in [6.45, 7) is -0.288. The number of alkyl halides is 1. The SMILES string of the molecule is OCOCCl.[Rf]. The molecule has 0 amide bonds. The standard InChI is InChI=1S/C2H5ClO2.Rf/c3-1-5-2-4;/h4H,1-2H2;. The number of halogens is 1. The van der Waals surface area contributed by atoms with Crippen LogP contribution in [0.1, 0.15) is 0 Å². The molecule has 0 heterocycles. The zero-order valence-corrected chi connectivity index (χ0v) is 10.5. The minimum absolute atomic E-state index is 0. The van der Waals surface area contributed by atoms with Crippen LogP contribution in [0.15, 0.2) is 0 Å². The van der Waals surface area contributed by atoms with Gasteiger partial charge in [-0.1, -0.05) is 11.6 Å². The smallest absolute Gasteiger partial charge is 0.145 e. The Morgan fingerprint density at radius 2 is 2.17 bits per heavy atom. The maximum Gasteiger partial charge on any atom is 0.145 e. The molecule has 0 aromatic carbocycles. The summed E-state index contributed by atoms with van der Waals surface area (Å²) in [6.07, 6.45) is 0. The molecule has 2 nitrogen and oxygen atoms in total. The average molecular weight is 364 g/mol. The number of ether oxygens (including phenoxy) is 1. The summed E-state index contributed by atoms with van der Waals surface area (Å²) in [5.74, 6) is 0. The third kappa shape index (κ3) is 10.7. The second-order valence-corrected chi connectivity index (χ2v) is 0.661. The zero-order chi connectivity index (χ0) is 4.12. The van der Waals surface area contributed by atoms with Crippen molar-refractivity contribution in [2.75, 3.05) is 12.9 Å². The minimum atomic E-state index is -0.288. The van der Waals surface area contributed by atoms with Crippen LogP contribution >= 0.6 is 11.6 Å². The van der Waals surface area contributed by atoms with Crippen molar-refractivity contribution in [1.29, 1.82) is 0 Å². The molecule has 0 bridgehead atoms. The van der Waals surface area contributed by atoms with Gasteiger partial charge in [-0.3, -0.25) is 0 Å². The van der Waals surface area contributed by atoms with Crippen LogP contribution in [0.25, 0.3) is 0 Å². The number of rotatable bonds is 2. The molecule has 6 heavy (non-hydrogen) atoms. The third-order valence-corrected chi connectivity index (χ3v) is 0.323. The van der Waals surface area contributed by atoms with E-state index >= 15 is 0 Å². The Kier molecular flexibility index (Phi) is 13.3. The van der Waals surface area contributed by atoms with Gasteiger partial charge in [0.1, 0.15) is 12.9 Å². The van der Waals surface area contributed by atoms with Crippen LogP contribution in [0.4, 0.5) is 0 Å². The fraction of sp³-hybridized carbons (Fsp3) is 1.00. The van der Waals surface area contributed by atoms with E-state index in [1.165, 1.54) is 0 Å². The van der Waals surface area contributed by atoms with Crippen LogP contribution in [-0.4, -0.2) is 18.0 Å². The first-order valence-corrected chi connectivity index (χ1v) is 1.70. The molecule has 0 atom stereocenters. The largest absolute Gasteiger partial charge is 0.371 e. The quantitative estimate of drug-likeness (QED) is 0.559. The normalized spacial score (nSPS) is 7.00. The average Bonchev–Trinajstić information content (AvgIpc) is 1.41. The molecule has 34 valence electrons. The van der Waals surface area contributed by atoms with Crippen LogP contribution in [0.3, 0.4) is 0 Å². The van der Waals surface area contributed by atoms with Crippen molar-refractivity contribution in [1.82, 2.24) is 0 Å². The summed E-state index contributed by atoms with van der Waals surface area (Å²) in [5, 5.41) is 7.76. The minimum Gasteiger partial charge on any atom is -0.371 e. The first-order chi connectivity index (χ1) is 2.41. The van der Waals surface area contributed by atoms with Crippen LogP contribution < -0.4 is 0 Å². The van der Waals surface area contributed by atoms with Crippen molar-refractivity contribution in [2.45, 2.75) is 0 Å². The van der Waals surface area contributed by atoms with Gasteiger partial charge in [0.25, 0.3) is 0 Å². The molecule has 0 aliphatic rings. The zero-order valence-electron chi connectivity index (χ0n) is 3.35. The molecule has 1 N–H and O–H groups in total. The Morgan fingerprint density at radius 3 is 2.17 bits per heavy atom. The van der Waals surface area contributed by atoms with Gasteiger partial charge in [0.15, 0.2) is 0 Å². The van der Waals surface area contributed by atoms with Crippen molar-refractivity contribution in [2.24, 2.45) is 0 Å². The van der Waals surface area contributed by atoms with E-state index in [4.69, 9.17) is 16.7 Å². The van der Waals surface area contributed by atoms with E-state index in [0.29, 0.717) is 0 Å². The first-order valence-electron chi connectivity index (χ1n) is 1.16.